The number of nitrogens with one attached hydrogen (secondary N) is 1. The fourth-order valence-corrected chi connectivity index (χ4v) is 3.25. The normalized spacial score (nSPS) is 10.7. The first kappa shape index (κ1) is 13.6. The van der Waals surface area contributed by atoms with Crippen molar-refractivity contribution < 1.29 is 4.79 Å². The Kier molecular flexibility index (Phi) is 3.78. The van der Waals surface area contributed by atoms with Crippen LogP contribution in [0, 0.1) is 0 Å². The number of fused-ring (bicyclic) bond motifs is 1. The van der Waals surface area contributed by atoms with Crippen LogP contribution in [0.2, 0.25) is 5.02 Å². The van der Waals surface area contributed by atoms with Crippen LogP contribution < -0.4 is 5.32 Å². The quantitative estimate of drug-likeness (QED) is 0.631. The van der Waals surface area contributed by atoms with Crippen molar-refractivity contribution in [3.05, 3.63) is 62.9 Å². The number of halogens is 2. The van der Waals surface area contributed by atoms with E-state index in [0.29, 0.717) is 15.6 Å². The van der Waals surface area contributed by atoms with Gasteiger partial charge in [-0.15, -0.1) is 11.3 Å². The van der Waals surface area contributed by atoms with Crippen molar-refractivity contribution in [1.29, 1.82) is 0 Å². The van der Waals surface area contributed by atoms with Crippen LogP contribution in [0.25, 0.3) is 10.1 Å². The van der Waals surface area contributed by atoms with Gasteiger partial charge in [0.15, 0.2) is 0 Å². The number of benzene rings is 2. The predicted octanol–water partition coefficient (Wildman–Crippen LogP) is 5.57. The molecule has 20 heavy (non-hydrogen) atoms. The smallest absolute Gasteiger partial charge is 0.265 e. The standard InChI is InChI=1S/C15H9BrClNOS/c16-11-6-5-10(8-12(11)17)18-15(19)14-7-9-3-1-2-4-13(9)20-14/h1-8H,(H,18,19). The molecule has 1 aromatic heterocycles. The molecule has 0 aliphatic heterocycles. The van der Waals surface area contributed by atoms with Gasteiger partial charge in [0.1, 0.15) is 0 Å². The molecule has 1 N–H and O–H groups in total. The third-order valence-electron chi connectivity index (χ3n) is 2.83. The molecule has 3 rings (SSSR count). The highest BCUT2D eigenvalue weighted by molar-refractivity contribution is 9.10. The number of hydrogen-bond donors (Lipinski definition) is 1. The second-order valence-electron chi connectivity index (χ2n) is 4.23. The summed E-state index contributed by atoms with van der Waals surface area (Å²) in [6.07, 6.45) is 0. The maximum atomic E-state index is 12.2. The summed E-state index contributed by atoms with van der Waals surface area (Å²) in [6, 6.07) is 15.2. The van der Waals surface area contributed by atoms with E-state index in [1.807, 2.05) is 36.4 Å². The Labute approximate surface area is 133 Å². The number of hydrogen-bond acceptors (Lipinski definition) is 2. The van der Waals surface area contributed by atoms with Crippen LogP contribution in [0.5, 0.6) is 0 Å². The van der Waals surface area contributed by atoms with E-state index in [9.17, 15) is 4.79 Å². The third kappa shape index (κ3) is 2.73. The molecule has 2 nitrogen and oxygen atoms in total. The van der Waals surface area contributed by atoms with Gasteiger partial charge in [0.2, 0.25) is 0 Å². The third-order valence-corrected chi connectivity index (χ3v) is 5.17. The zero-order valence-corrected chi connectivity index (χ0v) is 13.3. The Morgan fingerprint density at radius 3 is 2.70 bits per heavy atom. The average molecular weight is 367 g/mol. The second kappa shape index (κ2) is 5.56. The highest BCUT2D eigenvalue weighted by Gasteiger charge is 2.10. The van der Waals surface area contributed by atoms with Crippen LogP contribution in [0.1, 0.15) is 9.67 Å². The van der Waals surface area contributed by atoms with Gasteiger partial charge < -0.3 is 5.32 Å². The molecular weight excluding hydrogens is 358 g/mol. The monoisotopic (exact) mass is 365 g/mol. The summed E-state index contributed by atoms with van der Waals surface area (Å²) < 4.78 is 1.91. The number of anilines is 1. The van der Waals surface area contributed by atoms with E-state index >= 15 is 0 Å². The number of amides is 1. The highest BCUT2D eigenvalue weighted by atomic mass is 79.9. The van der Waals surface area contributed by atoms with E-state index in [1.165, 1.54) is 11.3 Å². The van der Waals surface area contributed by atoms with E-state index < -0.39 is 0 Å². The molecule has 0 bridgehead atoms. The molecule has 0 saturated carbocycles. The first-order valence-corrected chi connectivity index (χ1v) is 7.87. The van der Waals surface area contributed by atoms with Gasteiger partial charge in [-0.3, -0.25) is 4.79 Å². The van der Waals surface area contributed by atoms with Gasteiger partial charge in [-0.05, 0) is 51.6 Å². The van der Waals surface area contributed by atoms with Crippen molar-refractivity contribution in [2.75, 3.05) is 5.32 Å². The van der Waals surface area contributed by atoms with E-state index in [4.69, 9.17) is 11.6 Å². The zero-order valence-electron chi connectivity index (χ0n) is 10.2. The topological polar surface area (TPSA) is 29.1 Å². The lowest BCUT2D eigenvalue weighted by atomic mass is 10.2. The summed E-state index contributed by atoms with van der Waals surface area (Å²) in [6.45, 7) is 0. The second-order valence-corrected chi connectivity index (χ2v) is 6.58. The molecule has 3 aromatic rings. The molecule has 2 aromatic carbocycles. The van der Waals surface area contributed by atoms with Crippen LogP contribution >= 0.6 is 38.9 Å². The average Bonchev–Trinajstić information content (AvgIpc) is 2.87. The summed E-state index contributed by atoms with van der Waals surface area (Å²) in [5.41, 5.74) is 0.681. The van der Waals surface area contributed by atoms with Gasteiger partial charge in [-0.2, -0.15) is 0 Å². The Bertz CT molecular complexity index is 766. The van der Waals surface area contributed by atoms with E-state index in [2.05, 4.69) is 21.2 Å². The summed E-state index contributed by atoms with van der Waals surface area (Å²) >= 11 is 10.8. The maximum absolute atomic E-state index is 12.2. The minimum Gasteiger partial charge on any atom is -0.321 e. The van der Waals surface area contributed by atoms with E-state index in [-0.39, 0.29) is 5.91 Å². The fraction of sp³-hybridized carbons (Fsp3) is 0. The van der Waals surface area contributed by atoms with Crippen LogP contribution in [0.4, 0.5) is 5.69 Å². The lowest BCUT2D eigenvalue weighted by molar-refractivity contribution is 0.103. The lowest BCUT2D eigenvalue weighted by Crippen LogP contribution is -2.09. The fourth-order valence-electron chi connectivity index (χ4n) is 1.86. The molecule has 0 fully saturated rings. The molecule has 5 heteroatoms. The minimum absolute atomic E-state index is 0.121. The molecule has 100 valence electrons. The zero-order chi connectivity index (χ0) is 14.1. The Morgan fingerprint density at radius 1 is 1.15 bits per heavy atom. The van der Waals surface area contributed by atoms with E-state index in [0.717, 1.165) is 14.6 Å². The van der Waals surface area contributed by atoms with E-state index in [1.54, 1.807) is 12.1 Å². The van der Waals surface area contributed by atoms with Crippen LogP contribution in [0.3, 0.4) is 0 Å². The van der Waals surface area contributed by atoms with Gasteiger partial charge in [0.05, 0.1) is 9.90 Å². The van der Waals surface area contributed by atoms with Gasteiger partial charge in [-0.1, -0.05) is 29.8 Å². The molecule has 0 radical (unpaired) electrons. The Balaban J connectivity index is 1.86. The predicted molar refractivity (Wildman–Crippen MR) is 88.9 cm³/mol. The Morgan fingerprint density at radius 2 is 1.95 bits per heavy atom. The molecular formula is C15H9BrClNOS. The number of carbonyl (C=O) groups excluding carboxylic acids is 1. The molecule has 1 amide bonds. The van der Waals surface area contributed by atoms with Crippen LogP contribution in [-0.2, 0) is 0 Å². The van der Waals surface area contributed by atoms with Crippen molar-refractivity contribution in [2.24, 2.45) is 0 Å². The highest BCUT2D eigenvalue weighted by Crippen LogP contribution is 2.28. The first-order chi connectivity index (χ1) is 9.63. The first-order valence-electron chi connectivity index (χ1n) is 5.88. The molecule has 0 spiro atoms. The van der Waals surface area contributed by atoms with Crippen LogP contribution in [-0.4, -0.2) is 5.91 Å². The summed E-state index contributed by atoms with van der Waals surface area (Å²) in [5.74, 6) is -0.121. The number of carbonyl (C=O) groups is 1. The minimum atomic E-state index is -0.121. The van der Waals surface area contributed by atoms with Crippen molar-refractivity contribution >= 4 is 60.5 Å². The number of thiophene rings is 1. The van der Waals surface area contributed by atoms with Gasteiger partial charge >= 0.3 is 0 Å². The van der Waals surface area contributed by atoms with Gasteiger partial charge in [0, 0.05) is 14.9 Å². The molecule has 0 aliphatic carbocycles. The molecule has 0 aliphatic rings. The van der Waals surface area contributed by atoms with Crippen molar-refractivity contribution in [3.63, 3.8) is 0 Å². The number of rotatable bonds is 2. The Hall–Kier alpha value is -1.36. The van der Waals surface area contributed by atoms with Crippen LogP contribution in [0.15, 0.2) is 53.0 Å². The van der Waals surface area contributed by atoms with Crippen molar-refractivity contribution in [3.8, 4) is 0 Å². The molecule has 0 saturated heterocycles. The summed E-state index contributed by atoms with van der Waals surface area (Å²) in [4.78, 5) is 12.9. The SMILES string of the molecule is O=C(Nc1ccc(Br)c(Cl)c1)c1cc2ccccc2s1. The molecule has 0 atom stereocenters. The maximum Gasteiger partial charge on any atom is 0.265 e. The van der Waals surface area contributed by atoms with Crippen molar-refractivity contribution in [1.82, 2.24) is 0 Å². The van der Waals surface area contributed by atoms with Gasteiger partial charge in [-0.25, -0.2) is 0 Å². The largest absolute Gasteiger partial charge is 0.321 e. The lowest BCUT2D eigenvalue weighted by Gasteiger charge is -2.04. The molecule has 0 unspecified atom stereocenters. The molecule has 1 heterocycles. The van der Waals surface area contributed by atoms with Crippen molar-refractivity contribution in [2.45, 2.75) is 0 Å². The summed E-state index contributed by atoms with van der Waals surface area (Å²) in [7, 11) is 0. The van der Waals surface area contributed by atoms with Gasteiger partial charge in [0.25, 0.3) is 5.91 Å². The summed E-state index contributed by atoms with van der Waals surface area (Å²) in [5, 5.41) is 4.50.